The summed E-state index contributed by atoms with van der Waals surface area (Å²) >= 11 is 0. The average Bonchev–Trinajstić information content (AvgIpc) is 2.21. The third kappa shape index (κ3) is 5.28. The van der Waals surface area contributed by atoms with Gasteiger partial charge in [0.05, 0.1) is 6.54 Å². The summed E-state index contributed by atoms with van der Waals surface area (Å²) in [4.78, 5) is 13.7. The average molecular weight is 225 g/mol. The molecule has 0 aromatic heterocycles. The molecule has 92 valence electrons. The van der Waals surface area contributed by atoms with Crippen molar-refractivity contribution in [2.75, 3.05) is 26.2 Å². The number of hydrogen-bond acceptors (Lipinski definition) is 3. The molecular weight excluding hydrogens is 202 g/mol. The van der Waals surface area contributed by atoms with Crippen LogP contribution < -0.4 is 11.1 Å². The largest absolute Gasteiger partial charge is 0.352 e. The number of piperidine rings is 1. The van der Waals surface area contributed by atoms with Gasteiger partial charge in [0.2, 0.25) is 5.91 Å². The second-order valence-corrected chi connectivity index (χ2v) is 4.70. The van der Waals surface area contributed by atoms with Crippen LogP contribution in [0.2, 0.25) is 0 Å². The maximum Gasteiger partial charge on any atom is 0.234 e. The molecule has 1 amide bonds. The third-order valence-electron chi connectivity index (χ3n) is 2.81. The fourth-order valence-electron chi connectivity index (χ4n) is 1.74. The smallest absolute Gasteiger partial charge is 0.234 e. The number of hydrogen-bond donors (Lipinski definition) is 2. The van der Waals surface area contributed by atoms with Gasteiger partial charge in [-0.25, -0.2) is 0 Å². The molecule has 4 nitrogen and oxygen atoms in total. The maximum atomic E-state index is 11.6. The van der Waals surface area contributed by atoms with Crippen LogP contribution in [0.25, 0.3) is 0 Å². The fraction of sp³-hybridized carbons (Fsp3) is 0.750. The molecular formula is C12H23N3O. The number of nitrogens with one attached hydrogen (secondary N) is 1. The van der Waals surface area contributed by atoms with Crippen LogP contribution in [0, 0.1) is 0 Å². The first kappa shape index (κ1) is 13.2. The summed E-state index contributed by atoms with van der Waals surface area (Å²) in [7, 11) is 0. The summed E-state index contributed by atoms with van der Waals surface area (Å²) in [6.07, 6.45) is 4.02. The second-order valence-electron chi connectivity index (χ2n) is 4.70. The highest BCUT2D eigenvalue weighted by Crippen LogP contribution is 2.07. The lowest BCUT2D eigenvalue weighted by molar-refractivity contribution is -0.122. The number of nitrogens with two attached hydrogens (primary N) is 1. The Hall–Kier alpha value is -0.870. The molecule has 0 aliphatic carbocycles. The molecule has 4 heteroatoms. The van der Waals surface area contributed by atoms with Gasteiger partial charge in [-0.15, -0.1) is 0 Å². The summed E-state index contributed by atoms with van der Waals surface area (Å²) in [5.74, 6) is 0.105. The number of carbonyl (C=O) groups is 1. The SMILES string of the molecule is CC(C)=CCNC(=O)CN1CCC(N)CC1. The number of nitrogens with zero attached hydrogens (tertiary/aromatic N) is 1. The van der Waals surface area contributed by atoms with Crippen molar-refractivity contribution in [2.24, 2.45) is 5.73 Å². The van der Waals surface area contributed by atoms with Crippen LogP contribution in [0.3, 0.4) is 0 Å². The van der Waals surface area contributed by atoms with Crippen molar-refractivity contribution < 1.29 is 4.79 Å². The van der Waals surface area contributed by atoms with Crippen molar-refractivity contribution in [3.05, 3.63) is 11.6 Å². The zero-order valence-electron chi connectivity index (χ0n) is 10.3. The van der Waals surface area contributed by atoms with E-state index in [-0.39, 0.29) is 5.91 Å². The first-order valence-electron chi connectivity index (χ1n) is 5.96. The second kappa shape index (κ2) is 6.66. The molecule has 1 saturated heterocycles. The summed E-state index contributed by atoms with van der Waals surface area (Å²) < 4.78 is 0. The molecule has 1 aliphatic rings. The lowest BCUT2D eigenvalue weighted by Gasteiger charge is -2.29. The lowest BCUT2D eigenvalue weighted by atomic mass is 10.1. The van der Waals surface area contributed by atoms with Gasteiger partial charge in [0.1, 0.15) is 0 Å². The van der Waals surface area contributed by atoms with Gasteiger partial charge in [-0.05, 0) is 26.7 Å². The highest BCUT2D eigenvalue weighted by Gasteiger charge is 2.17. The quantitative estimate of drug-likeness (QED) is 0.685. The molecule has 0 aromatic carbocycles. The van der Waals surface area contributed by atoms with Gasteiger partial charge >= 0.3 is 0 Å². The molecule has 1 rings (SSSR count). The zero-order valence-corrected chi connectivity index (χ0v) is 10.3. The Morgan fingerprint density at radius 2 is 2.06 bits per heavy atom. The normalized spacial score (nSPS) is 18.2. The van der Waals surface area contributed by atoms with E-state index in [0.29, 0.717) is 19.1 Å². The van der Waals surface area contributed by atoms with E-state index < -0.39 is 0 Å². The van der Waals surface area contributed by atoms with Crippen molar-refractivity contribution >= 4 is 5.91 Å². The van der Waals surface area contributed by atoms with Crippen molar-refractivity contribution in [3.63, 3.8) is 0 Å². The predicted octanol–water partition coefficient (Wildman–Crippen LogP) is 0.492. The van der Waals surface area contributed by atoms with Gasteiger partial charge in [0.25, 0.3) is 0 Å². The summed E-state index contributed by atoms with van der Waals surface area (Å²) in [5, 5.41) is 2.88. The minimum atomic E-state index is 0.105. The molecule has 3 N–H and O–H groups in total. The lowest BCUT2D eigenvalue weighted by Crippen LogP contribution is -2.44. The maximum absolute atomic E-state index is 11.6. The molecule has 1 heterocycles. The molecule has 1 fully saturated rings. The van der Waals surface area contributed by atoms with E-state index in [9.17, 15) is 4.79 Å². The predicted molar refractivity (Wildman–Crippen MR) is 66.1 cm³/mol. The molecule has 16 heavy (non-hydrogen) atoms. The van der Waals surface area contributed by atoms with Crippen LogP contribution >= 0.6 is 0 Å². The Morgan fingerprint density at radius 1 is 1.44 bits per heavy atom. The van der Waals surface area contributed by atoms with E-state index >= 15 is 0 Å². The molecule has 0 aromatic rings. The van der Waals surface area contributed by atoms with Crippen LogP contribution in [-0.4, -0.2) is 43.0 Å². The number of likely N-dealkylation sites (tertiary alicyclic amines) is 1. The molecule has 1 aliphatic heterocycles. The topological polar surface area (TPSA) is 58.4 Å². The molecule has 0 saturated carbocycles. The van der Waals surface area contributed by atoms with E-state index in [1.54, 1.807) is 0 Å². The Morgan fingerprint density at radius 3 is 2.62 bits per heavy atom. The Balaban J connectivity index is 2.16. The van der Waals surface area contributed by atoms with Crippen molar-refractivity contribution in [1.82, 2.24) is 10.2 Å². The summed E-state index contributed by atoms with van der Waals surface area (Å²) in [5.41, 5.74) is 7.03. The van der Waals surface area contributed by atoms with Crippen molar-refractivity contribution in [1.29, 1.82) is 0 Å². The van der Waals surface area contributed by atoms with E-state index in [4.69, 9.17) is 5.73 Å². The summed E-state index contributed by atoms with van der Waals surface area (Å²) in [6.45, 7) is 7.07. The first-order chi connectivity index (χ1) is 7.58. The van der Waals surface area contributed by atoms with Crippen LogP contribution in [0.15, 0.2) is 11.6 Å². The zero-order chi connectivity index (χ0) is 12.0. The molecule has 0 radical (unpaired) electrons. The van der Waals surface area contributed by atoms with Gasteiger partial charge in [0.15, 0.2) is 0 Å². The van der Waals surface area contributed by atoms with E-state index in [1.807, 2.05) is 19.9 Å². The van der Waals surface area contributed by atoms with Gasteiger partial charge in [-0.3, -0.25) is 9.69 Å². The highest BCUT2D eigenvalue weighted by molar-refractivity contribution is 5.78. The Bertz CT molecular complexity index is 251. The van der Waals surface area contributed by atoms with E-state index in [2.05, 4.69) is 10.2 Å². The van der Waals surface area contributed by atoms with Crippen LogP contribution in [-0.2, 0) is 4.79 Å². The van der Waals surface area contributed by atoms with Crippen LogP contribution in [0.1, 0.15) is 26.7 Å². The van der Waals surface area contributed by atoms with Crippen molar-refractivity contribution in [3.8, 4) is 0 Å². The molecule has 0 atom stereocenters. The minimum Gasteiger partial charge on any atom is -0.352 e. The van der Waals surface area contributed by atoms with Crippen molar-refractivity contribution in [2.45, 2.75) is 32.7 Å². The van der Waals surface area contributed by atoms with Gasteiger partial charge in [-0.2, -0.15) is 0 Å². The molecule has 0 unspecified atom stereocenters. The minimum absolute atomic E-state index is 0.105. The standard InChI is InChI=1S/C12H23N3O/c1-10(2)3-6-14-12(16)9-15-7-4-11(13)5-8-15/h3,11H,4-9,13H2,1-2H3,(H,14,16). The van der Waals surface area contributed by atoms with Gasteiger partial charge in [0, 0.05) is 25.7 Å². The number of allylic oxidation sites excluding steroid dienone is 1. The summed E-state index contributed by atoms with van der Waals surface area (Å²) in [6, 6.07) is 0.324. The third-order valence-corrected chi connectivity index (χ3v) is 2.81. The first-order valence-corrected chi connectivity index (χ1v) is 5.96. The number of carbonyl (C=O) groups excluding carboxylic acids is 1. The van der Waals surface area contributed by atoms with E-state index in [1.165, 1.54) is 5.57 Å². The fourth-order valence-corrected chi connectivity index (χ4v) is 1.74. The van der Waals surface area contributed by atoms with Gasteiger partial charge in [-0.1, -0.05) is 11.6 Å². The highest BCUT2D eigenvalue weighted by atomic mass is 16.2. The monoisotopic (exact) mass is 225 g/mol. The van der Waals surface area contributed by atoms with Crippen LogP contribution in [0.4, 0.5) is 0 Å². The number of rotatable bonds is 4. The van der Waals surface area contributed by atoms with E-state index in [0.717, 1.165) is 25.9 Å². The number of amides is 1. The Labute approximate surface area is 97.9 Å². The van der Waals surface area contributed by atoms with Crippen LogP contribution in [0.5, 0.6) is 0 Å². The Kier molecular flexibility index (Phi) is 5.49. The van der Waals surface area contributed by atoms with Gasteiger partial charge < -0.3 is 11.1 Å². The molecule has 0 bridgehead atoms. The molecule has 0 spiro atoms.